The van der Waals surface area contributed by atoms with Crippen molar-refractivity contribution in [2.24, 2.45) is 5.73 Å². The van der Waals surface area contributed by atoms with E-state index >= 15 is 0 Å². The van der Waals surface area contributed by atoms with Gasteiger partial charge in [0.25, 0.3) is 0 Å². The molecule has 90 valence electrons. The highest BCUT2D eigenvalue weighted by molar-refractivity contribution is 5.62. The van der Waals surface area contributed by atoms with Gasteiger partial charge in [0.05, 0.1) is 18.0 Å². The molecule has 0 spiro atoms. The summed E-state index contributed by atoms with van der Waals surface area (Å²) < 4.78 is 12.8. The lowest BCUT2D eigenvalue weighted by Crippen LogP contribution is -2.06. The predicted octanol–water partition coefficient (Wildman–Crippen LogP) is 1.60. The smallest absolute Gasteiger partial charge is 0.123 e. The van der Waals surface area contributed by atoms with Crippen LogP contribution in [0.1, 0.15) is 18.1 Å². The average Bonchev–Trinajstić information content (AvgIpc) is 2.79. The van der Waals surface area contributed by atoms with Gasteiger partial charge in [-0.2, -0.15) is 5.10 Å². The zero-order valence-corrected chi connectivity index (χ0v) is 9.23. The molecule has 2 aromatic rings. The van der Waals surface area contributed by atoms with Crippen molar-refractivity contribution >= 4 is 0 Å². The van der Waals surface area contributed by atoms with E-state index in [0.29, 0.717) is 24.2 Å². The second-order valence-electron chi connectivity index (χ2n) is 3.80. The maximum Gasteiger partial charge on any atom is 0.123 e. The number of rotatable bonds is 4. The van der Waals surface area contributed by atoms with Crippen LogP contribution in [-0.4, -0.2) is 21.8 Å². The highest BCUT2D eigenvalue weighted by atomic mass is 19.1. The normalized spacial score (nSPS) is 12.6. The number of hydrogen-bond acceptors (Lipinski definition) is 3. The van der Waals surface area contributed by atoms with E-state index in [-0.39, 0.29) is 5.82 Å². The maximum atomic E-state index is 12.8. The second kappa shape index (κ2) is 5.07. The Hall–Kier alpha value is -1.72. The number of nitrogens with zero attached hydrogens (tertiary/aromatic N) is 1. The molecule has 0 radical (unpaired) electrons. The van der Waals surface area contributed by atoms with Crippen molar-refractivity contribution in [3.8, 4) is 11.3 Å². The van der Waals surface area contributed by atoms with Gasteiger partial charge in [0.2, 0.25) is 0 Å². The van der Waals surface area contributed by atoms with E-state index in [1.54, 1.807) is 18.3 Å². The first kappa shape index (κ1) is 11.8. The Morgan fingerprint density at radius 2 is 2.06 bits per heavy atom. The summed E-state index contributed by atoms with van der Waals surface area (Å²) >= 11 is 0. The third-order valence-electron chi connectivity index (χ3n) is 2.60. The lowest BCUT2D eigenvalue weighted by Gasteiger charge is -2.09. The molecule has 0 aliphatic heterocycles. The first-order chi connectivity index (χ1) is 8.22. The highest BCUT2D eigenvalue weighted by Crippen LogP contribution is 2.27. The summed E-state index contributed by atoms with van der Waals surface area (Å²) in [5.41, 5.74) is 7.57. The lowest BCUT2D eigenvalue weighted by molar-refractivity contribution is 0.171. The van der Waals surface area contributed by atoms with Gasteiger partial charge in [-0.05, 0) is 37.2 Å². The molecule has 4 N–H and O–H groups in total. The molecule has 0 amide bonds. The van der Waals surface area contributed by atoms with Crippen molar-refractivity contribution in [1.82, 2.24) is 10.2 Å². The third-order valence-corrected chi connectivity index (χ3v) is 2.60. The quantitative estimate of drug-likeness (QED) is 0.753. The molecule has 4 nitrogen and oxygen atoms in total. The Bertz CT molecular complexity index is 481. The summed E-state index contributed by atoms with van der Waals surface area (Å²) in [6.07, 6.45) is 1.38. The molecule has 0 fully saturated rings. The Morgan fingerprint density at radius 1 is 1.35 bits per heavy atom. The fraction of sp³-hybridized carbons (Fsp3) is 0.250. The number of aromatic amines is 1. The summed E-state index contributed by atoms with van der Waals surface area (Å²) in [5, 5.41) is 16.6. The molecule has 0 aliphatic carbocycles. The average molecular weight is 235 g/mol. The monoisotopic (exact) mass is 235 g/mol. The fourth-order valence-corrected chi connectivity index (χ4v) is 1.71. The Balaban J connectivity index is 2.33. The van der Waals surface area contributed by atoms with Crippen LogP contribution in [0.15, 0.2) is 30.5 Å². The van der Waals surface area contributed by atoms with E-state index in [4.69, 9.17) is 5.73 Å². The molecule has 17 heavy (non-hydrogen) atoms. The van der Waals surface area contributed by atoms with Crippen molar-refractivity contribution in [2.75, 3.05) is 6.54 Å². The standard InChI is InChI=1S/C12H14FN3O/c13-9-3-1-8(2-4-9)12-10(7-15-16-12)11(17)5-6-14/h1-4,7,11,17H,5-6,14H2,(H,15,16)/t11-/m1/s1. The molecular formula is C12H14FN3O. The van der Waals surface area contributed by atoms with E-state index in [1.807, 2.05) is 0 Å². The minimum absolute atomic E-state index is 0.294. The van der Waals surface area contributed by atoms with Crippen molar-refractivity contribution < 1.29 is 9.50 Å². The van der Waals surface area contributed by atoms with Crippen LogP contribution in [0, 0.1) is 5.82 Å². The molecule has 0 saturated carbocycles. The number of benzene rings is 1. The first-order valence-corrected chi connectivity index (χ1v) is 5.39. The minimum atomic E-state index is -0.654. The molecule has 0 unspecified atom stereocenters. The van der Waals surface area contributed by atoms with Gasteiger partial charge >= 0.3 is 0 Å². The summed E-state index contributed by atoms with van der Waals surface area (Å²) in [6, 6.07) is 6.02. The van der Waals surface area contributed by atoms with Crippen molar-refractivity contribution in [1.29, 1.82) is 0 Å². The summed E-state index contributed by atoms with van der Waals surface area (Å²) in [5.74, 6) is -0.294. The number of nitrogens with one attached hydrogen (secondary N) is 1. The van der Waals surface area contributed by atoms with E-state index in [2.05, 4.69) is 10.2 Å². The van der Waals surface area contributed by atoms with Gasteiger partial charge in [-0.15, -0.1) is 0 Å². The molecule has 1 aromatic carbocycles. The first-order valence-electron chi connectivity index (χ1n) is 5.39. The third kappa shape index (κ3) is 2.51. The Kier molecular flexibility index (Phi) is 3.51. The van der Waals surface area contributed by atoms with E-state index in [9.17, 15) is 9.50 Å². The molecule has 0 bridgehead atoms. The van der Waals surface area contributed by atoms with Crippen LogP contribution in [0.5, 0.6) is 0 Å². The zero-order valence-electron chi connectivity index (χ0n) is 9.23. The number of aromatic nitrogens is 2. The van der Waals surface area contributed by atoms with Crippen molar-refractivity contribution in [3.05, 3.63) is 41.8 Å². The maximum absolute atomic E-state index is 12.8. The number of nitrogens with two attached hydrogens (primary N) is 1. The van der Waals surface area contributed by atoms with Gasteiger partial charge in [-0.3, -0.25) is 5.10 Å². The van der Waals surface area contributed by atoms with Gasteiger partial charge in [0.1, 0.15) is 5.82 Å². The van der Waals surface area contributed by atoms with Gasteiger partial charge in [-0.1, -0.05) is 0 Å². The molecule has 0 saturated heterocycles. The number of halogens is 1. The number of aliphatic hydroxyl groups is 1. The van der Waals surface area contributed by atoms with E-state index < -0.39 is 6.10 Å². The molecule has 1 heterocycles. The topological polar surface area (TPSA) is 74.9 Å². The highest BCUT2D eigenvalue weighted by Gasteiger charge is 2.15. The van der Waals surface area contributed by atoms with Gasteiger partial charge in [-0.25, -0.2) is 4.39 Å². The molecule has 0 aliphatic rings. The Morgan fingerprint density at radius 3 is 2.71 bits per heavy atom. The summed E-state index contributed by atoms with van der Waals surface area (Å²) in [6.45, 7) is 0.398. The van der Waals surface area contributed by atoms with Crippen LogP contribution in [0.2, 0.25) is 0 Å². The second-order valence-corrected chi connectivity index (χ2v) is 3.80. The van der Waals surface area contributed by atoms with Gasteiger partial charge < -0.3 is 10.8 Å². The predicted molar refractivity (Wildman–Crippen MR) is 62.6 cm³/mol. The van der Waals surface area contributed by atoms with Crippen molar-refractivity contribution in [3.63, 3.8) is 0 Å². The largest absolute Gasteiger partial charge is 0.388 e. The number of hydrogen-bond donors (Lipinski definition) is 3. The molecule has 1 aromatic heterocycles. The van der Waals surface area contributed by atoms with Crippen LogP contribution >= 0.6 is 0 Å². The van der Waals surface area contributed by atoms with E-state index in [0.717, 1.165) is 5.56 Å². The van der Waals surface area contributed by atoms with Crippen LogP contribution in [0.3, 0.4) is 0 Å². The van der Waals surface area contributed by atoms with E-state index in [1.165, 1.54) is 12.1 Å². The molecule has 5 heteroatoms. The van der Waals surface area contributed by atoms with Crippen LogP contribution in [-0.2, 0) is 0 Å². The fourth-order valence-electron chi connectivity index (χ4n) is 1.71. The molecular weight excluding hydrogens is 221 g/mol. The lowest BCUT2D eigenvalue weighted by atomic mass is 10.0. The zero-order chi connectivity index (χ0) is 12.3. The molecule has 2 rings (SSSR count). The van der Waals surface area contributed by atoms with Crippen molar-refractivity contribution in [2.45, 2.75) is 12.5 Å². The van der Waals surface area contributed by atoms with Gasteiger partial charge in [0.15, 0.2) is 0 Å². The van der Waals surface area contributed by atoms with Crippen LogP contribution in [0.4, 0.5) is 4.39 Å². The SMILES string of the molecule is NCC[C@@H](O)c1cn[nH]c1-c1ccc(F)cc1. The van der Waals surface area contributed by atoms with Gasteiger partial charge in [0, 0.05) is 11.1 Å². The summed E-state index contributed by atoms with van der Waals surface area (Å²) in [4.78, 5) is 0. The Labute approximate surface area is 98.3 Å². The number of H-pyrrole nitrogens is 1. The minimum Gasteiger partial charge on any atom is -0.388 e. The number of aliphatic hydroxyl groups excluding tert-OH is 1. The summed E-state index contributed by atoms with van der Waals surface area (Å²) in [7, 11) is 0. The van der Waals surface area contributed by atoms with Crippen LogP contribution in [0.25, 0.3) is 11.3 Å². The van der Waals surface area contributed by atoms with Crippen LogP contribution < -0.4 is 5.73 Å². The molecule has 1 atom stereocenters.